The third-order valence-corrected chi connectivity index (χ3v) is 4.43. The number of carboxylic acid groups (broad SMARTS) is 1. The van der Waals surface area contributed by atoms with E-state index < -0.39 is 51.8 Å². The summed E-state index contributed by atoms with van der Waals surface area (Å²) in [5, 5.41) is 11.3. The number of aliphatic carboxylic acids is 1. The quantitative estimate of drug-likeness (QED) is 0.613. The van der Waals surface area contributed by atoms with Gasteiger partial charge in [0.25, 0.3) is 16.0 Å². The summed E-state index contributed by atoms with van der Waals surface area (Å²) in [5.74, 6) is -5.58. The van der Waals surface area contributed by atoms with E-state index in [-0.39, 0.29) is 16.7 Å². The average molecular weight is 399 g/mol. The summed E-state index contributed by atoms with van der Waals surface area (Å²) in [6.07, 6.45) is -0.573. The third kappa shape index (κ3) is 5.31. The van der Waals surface area contributed by atoms with Crippen LogP contribution in [0.3, 0.4) is 0 Å². The second kappa shape index (κ2) is 8.23. The van der Waals surface area contributed by atoms with Crippen LogP contribution in [0.25, 0.3) is 11.1 Å². The summed E-state index contributed by atoms with van der Waals surface area (Å²) in [6, 6.07) is 7.42. The van der Waals surface area contributed by atoms with Gasteiger partial charge in [0.2, 0.25) is 0 Å². The van der Waals surface area contributed by atoms with Gasteiger partial charge in [-0.3, -0.25) is 9.35 Å². The maximum Gasteiger partial charge on any atom is 0.326 e. The molecular weight excluding hydrogens is 384 g/mol. The Kier molecular flexibility index (Phi) is 6.24. The molecule has 0 aliphatic heterocycles. The van der Waals surface area contributed by atoms with Crippen molar-refractivity contribution in [1.29, 1.82) is 0 Å². The van der Waals surface area contributed by atoms with Crippen molar-refractivity contribution < 1.29 is 36.4 Å². The Hall–Kier alpha value is -2.85. The number of benzene rings is 2. The lowest BCUT2D eigenvalue weighted by Crippen LogP contribution is -2.42. The maximum atomic E-state index is 14.1. The summed E-state index contributed by atoms with van der Waals surface area (Å²) in [6.45, 7) is 0. The van der Waals surface area contributed by atoms with Gasteiger partial charge in [0.1, 0.15) is 6.04 Å². The first-order valence-corrected chi connectivity index (χ1v) is 9.23. The fourth-order valence-electron chi connectivity index (χ4n) is 2.39. The van der Waals surface area contributed by atoms with Crippen LogP contribution in [0.4, 0.5) is 8.78 Å². The van der Waals surface area contributed by atoms with E-state index in [1.165, 1.54) is 36.4 Å². The molecule has 0 aliphatic rings. The molecule has 0 saturated carbocycles. The Morgan fingerprint density at radius 2 is 1.67 bits per heavy atom. The molecule has 1 amide bonds. The fraction of sp³-hybridized carbons (Fsp3) is 0.176. The van der Waals surface area contributed by atoms with E-state index in [1.807, 2.05) is 0 Å². The van der Waals surface area contributed by atoms with Crippen LogP contribution in [0, 0.1) is 11.6 Å². The molecule has 1 atom stereocenters. The number of halogens is 2. The van der Waals surface area contributed by atoms with E-state index >= 15 is 0 Å². The highest BCUT2D eigenvalue weighted by Gasteiger charge is 2.24. The van der Waals surface area contributed by atoms with E-state index in [2.05, 4.69) is 5.32 Å². The summed E-state index contributed by atoms with van der Waals surface area (Å²) < 4.78 is 57.9. The zero-order valence-corrected chi connectivity index (χ0v) is 14.5. The molecular formula is C17H15F2NO6S. The number of carboxylic acids is 1. The van der Waals surface area contributed by atoms with Gasteiger partial charge in [-0.25, -0.2) is 13.6 Å². The molecule has 0 saturated heterocycles. The molecule has 0 bridgehead atoms. The third-order valence-electron chi connectivity index (χ3n) is 3.68. The first-order chi connectivity index (χ1) is 12.6. The van der Waals surface area contributed by atoms with Crippen LogP contribution in [0.1, 0.15) is 16.8 Å². The van der Waals surface area contributed by atoms with Crippen molar-refractivity contribution in [3.63, 3.8) is 0 Å². The van der Waals surface area contributed by atoms with E-state index in [0.29, 0.717) is 0 Å². The van der Waals surface area contributed by atoms with Crippen molar-refractivity contribution in [3.05, 3.63) is 59.7 Å². The molecule has 0 aromatic heterocycles. The summed E-state index contributed by atoms with van der Waals surface area (Å²) in [7, 11) is -4.42. The number of rotatable bonds is 7. The lowest BCUT2D eigenvalue weighted by molar-refractivity contribution is -0.139. The zero-order chi connectivity index (χ0) is 20.2. The average Bonchev–Trinajstić information content (AvgIpc) is 2.59. The zero-order valence-electron chi connectivity index (χ0n) is 13.7. The van der Waals surface area contributed by atoms with Crippen LogP contribution in [0.15, 0.2) is 42.5 Å². The van der Waals surface area contributed by atoms with Crippen molar-refractivity contribution in [3.8, 4) is 11.1 Å². The van der Waals surface area contributed by atoms with E-state index in [0.717, 1.165) is 6.07 Å². The van der Waals surface area contributed by atoms with E-state index in [1.54, 1.807) is 0 Å². The molecule has 10 heteroatoms. The highest BCUT2D eigenvalue weighted by Crippen LogP contribution is 2.27. The van der Waals surface area contributed by atoms with Gasteiger partial charge < -0.3 is 10.4 Å². The van der Waals surface area contributed by atoms with Gasteiger partial charge in [0, 0.05) is 11.1 Å². The Morgan fingerprint density at radius 3 is 2.30 bits per heavy atom. The molecule has 2 rings (SSSR count). The SMILES string of the molecule is O=C(N[C@@H](CCS(=O)(=O)O)C(=O)O)c1ccccc1-c1cccc(F)c1F. The first kappa shape index (κ1) is 20.5. The molecule has 3 N–H and O–H groups in total. The Morgan fingerprint density at radius 1 is 1.04 bits per heavy atom. The first-order valence-electron chi connectivity index (χ1n) is 7.62. The van der Waals surface area contributed by atoms with Crippen LogP contribution in [-0.4, -0.2) is 41.7 Å². The molecule has 2 aromatic rings. The normalized spacial score (nSPS) is 12.4. The van der Waals surface area contributed by atoms with Gasteiger partial charge in [-0.15, -0.1) is 0 Å². The minimum atomic E-state index is -4.42. The van der Waals surface area contributed by atoms with Crippen LogP contribution < -0.4 is 5.32 Å². The van der Waals surface area contributed by atoms with Crippen molar-refractivity contribution in [2.45, 2.75) is 12.5 Å². The minimum absolute atomic E-state index is 0.0333. The predicted octanol–water partition coefficient (Wildman–Crippen LogP) is 2.09. The van der Waals surface area contributed by atoms with Crippen molar-refractivity contribution >= 4 is 22.0 Å². The number of hydrogen-bond acceptors (Lipinski definition) is 4. The lowest BCUT2D eigenvalue weighted by atomic mass is 9.98. The van der Waals surface area contributed by atoms with Crippen LogP contribution in [0.5, 0.6) is 0 Å². The molecule has 144 valence electrons. The summed E-state index contributed by atoms with van der Waals surface area (Å²) in [5.41, 5.74) is -0.281. The summed E-state index contributed by atoms with van der Waals surface area (Å²) >= 11 is 0. The molecule has 0 radical (unpaired) electrons. The van der Waals surface area contributed by atoms with Gasteiger partial charge >= 0.3 is 5.97 Å². The van der Waals surface area contributed by atoms with Crippen molar-refractivity contribution in [1.82, 2.24) is 5.32 Å². The summed E-state index contributed by atoms with van der Waals surface area (Å²) in [4.78, 5) is 23.7. The van der Waals surface area contributed by atoms with Crippen molar-refractivity contribution in [2.75, 3.05) is 5.75 Å². The fourth-order valence-corrected chi connectivity index (χ4v) is 2.92. The molecule has 0 fully saturated rings. The van der Waals surface area contributed by atoms with Crippen LogP contribution in [-0.2, 0) is 14.9 Å². The number of hydrogen-bond donors (Lipinski definition) is 3. The standard InChI is InChI=1S/C17H15F2NO6S/c18-13-7-3-6-11(15(13)19)10-4-1-2-5-12(10)16(21)20-14(17(22)23)8-9-27(24,25)26/h1-7,14H,8-9H2,(H,20,21)(H,22,23)(H,24,25,26)/t14-/m0/s1. The Bertz CT molecular complexity index is 977. The van der Waals surface area contributed by atoms with Gasteiger partial charge in [0.05, 0.1) is 5.75 Å². The highest BCUT2D eigenvalue weighted by atomic mass is 32.2. The van der Waals surface area contributed by atoms with E-state index in [9.17, 15) is 26.8 Å². The van der Waals surface area contributed by atoms with Crippen LogP contribution >= 0.6 is 0 Å². The molecule has 0 heterocycles. The Labute approximate surface area is 153 Å². The highest BCUT2D eigenvalue weighted by molar-refractivity contribution is 7.85. The topological polar surface area (TPSA) is 121 Å². The molecule has 0 spiro atoms. The molecule has 7 nitrogen and oxygen atoms in total. The van der Waals surface area contributed by atoms with Gasteiger partial charge in [-0.1, -0.05) is 30.3 Å². The second-order valence-corrected chi connectivity index (χ2v) is 7.16. The predicted molar refractivity (Wildman–Crippen MR) is 91.7 cm³/mol. The lowest BCUT2D eigenvalue weighted by Gasteiger charge is -2.16. The monoisotopic (exact) mass is 399 g/mol. The largest absolute Gasteiger partial charge is 0.480 e. The van der Waals surface area contributed by atoms with Gasteiger partial charge in [0.15, 0.2) is 11.6 Å². The number of amides is 1. The molecule has 2 aromatic carbocycles. The number of nitrogens with one attached hydrogen (secondary N) is 1. The number of carbonyl (C=O) groups excluding carboxylic acids is 1. The maximum absolute atomic E-state index is 14.1. The second-order valence-electron chi connectivity index (χ2n) is 5.59. The molecule has 27 heavy (non-hydrogen) atoms. The smallest absolute Gasteiger partial charge is 0.326 e. The van der Waals surface area contributed by atoms with Gasteiger partial charge in [-0.2, -0.15) is 8.42 Å². The van der Waals surface area contributed by atoms with Gasteiger partial charge in [-0.05, 0) is 24.1 Å². The minimum Gasteiger partial charge on any atom is -0.480 e. The Balaban J connectivity index is 2.34. The molecule has 0 aliphatic carbocycles. The molecule has 0 unspecified atom stereocenters. The number of carbonyl (C=O) groups is 2. The van der Waals surface area contributed by atoms with E-state index in [4.69, 9.17) is 9.66 Å². The van der Waals surface area contributed by atoms with Crippen LogP contribution in [0.2, 0.25) is 0 Å². The van der Waals surface area contributed by atoms with Crippen molar-refractivity contribution in [2.24, 2.45) is 0 Å².